The first-order valence-electron chi connectivity index (χ1n) is 16.1. The van der Waals surface area contributed by atoms with Gasteiger partial charge >= 0.3 is 6.01 Å². The van der Waals surface area contributed by atoms with Crippen molar-refractivity contribution in [1.29, 1.82) is 0 Å². The molecule has 1 amide bonds. The van der Waals surface area contributed by atoms with E-state index in [0.29, 0.717) is 5.39 Å². The van der Waals surface area contributed by atoms with Crippen LogP contribution in [0, 0.1) is 24.0 Å². The SMILES string of the molecule is C#Cc1c(F)ccc2cc(O)cc(-c3ncc4c(N(C)C[C@@H]5CC(F)(F)CN5C(=O)C=C)nc(OCC56CCCN5CCC6)nc4c3F)c12. The third-order valence-corrected chi connectivity index (χ3v) is 10.1. The summed E-state index contributed by atoms with van der Waals surface area (Å²) in [6, 6.07) is 4.23. The molecule has 0 bridgehead atoms. The van der Waals surface area contributed by atoms with Gasteiger partial charge in [0.25, 0.3) is 5.92 Å². The summed E-state index contributed by atoms with van der Waals surface area (Å²) in [5, 5.41) is 11.2. The van der Waals surface area contributed by atoms with Crippen molar-refractivity contribution in [3.8, 4) is 35.4 Å². The molecule has 3 aliphatic heterocycles. The highest BCUT2D eigenvalue weighted by atomic mass is 19.3. The normalized spacial score (nSPS) is 19.7. The maximum absolute atomic E-state index is 16.8. The number of aromatic nitrogens is 3. The Kier molecular flexibility index (Phi) is 8.10. The second kappa shape index (κ2) is 12.2. The maximum Gasteiger partial charge on any atom is 0.319 e. The lowest BCUT2D eigenvalue weighted by Crippen LogP contribution is -2.43. The number of aromatic hydroxyl groups is 1. The van der Waals surface area contributed by atoms with E-state index in [-0.39, 0.29) is 69.4 Å². The highest BCUT2D eigenvalue weighted by molar-refractivity contribution is 6.03. The van der Waals surface area contributed by atoms with Crippen LogP contribution in [0.5, 0.6) is 11.8 Å². The van der Waals surface area contributed by atoms with Crippen molar-refractivity contribution < 1.29 is 32.2 Å². The van der Waals surface area contributed by atoms with Crippen LogP contribution in [0.2, 0.25) is 0 Å². The molecule has 254 valence electrons. The summed E-state index contributed by atoms with van der Waals surface area (Å²) in [4.78, 5) is 31.0. The minimum absolute atomic E-state index is 0.0519. The van der Waals surface area contributed by atoms with E-state index in [1.165, 1.54) is 30.5 Å². The zero-order chi connectivity index (χ0) is 34.7. The summed E-state index contributed by atoms with van der Waals surface area (Å²) >= 11 is 0. The first-order valence-corrected chi connectivity index (χ1v) is 16.1. The molecule has 3 aliphatic rings. The number of carbonyl (C=O) groups excluding carboxylic acids is 1. The maximum atomic E-state index is 16.8. The van der Waals surface area contributed by atoms with Crippen LogP contribution in [-0.2, 0) is 4.79 Å². The second-order valence-electron chi connectivity index (χ2n) is 13.1. The number of amides is 1. The Hall–Kier alpha value is -4.96. The number of likely N-dealkylation sites (N-methyl/N-ethyl adjacent to an activating group) is 1. The molecule has 7 rings (SSSR count). The number of pyridine rings is 1. The van der Waals surface area contributed by atoms with Crippen molar-refractivity contribution in [2.75, 3.05) is 44.7 Å². The van der Waals surface area contributed by atoms with Gasteiger partial charge in [0.1, 0.15) is 35.2 Å². The number of ether oxygens (including phenoxy) is 1. The van der Waals surface area contributed by atoms with Crippen molar-refractivity contribution in [1.82, 2.24) is 24.8 Å². The van der Waals surface area contributed by atoms with E-state index >= 15 is 4.39 Å². The van der Waals surface area contributed by atoms with Crippen molar-refractivity contribution in [2.45, 2.75) is 49.6 Å². The monoisotopic (exact) mass is 674 g/mol. The van der Waals surface area contributed by atoms with Crippen LogP contribution in [0.3, 0.4) is 0 Å². The zero-order valence-corrected chi connectivity index (χ0v) is 26.9. The molecule has 1 N–H and O–H groups in total. The predicted molar refractivity (Wildman–Crippen MR) is 177 cm³/mol. The van der Waals surface area contributed by atoms with Crippen LogP contribution in [-0.4, -0.2) is 93.1 Å². The number of fused-ring (bicyclic) bond motifs is 3. The minimum atomic E-state index is -3.09. The van der Waals surface area contributed by atoms with Gasteiger partial charge in [0.15, 0.2) is 5.82 Å². The van der Waals surface area contributed by atoms with Gasteiger partial charge in [-0.2, -0.15) is 9.97 Å². The van der Waals surface area contributed by atoms with Gasteiger partial charge in [0, 0.05) is 37.2 Å². The molecule has 3 saturated heterocycles. The van der Waals surface area contributed by atoms with Gasteiger partial charge in [-0.15, -0.1) is 6.42 Å². The lowest BCUT2D eigenvalue weighted by Gasteiger charge is -2.31. The zero-order valence-electron chi connectivity index (χ0n) is 26.9. The largest absolute Gasteiger partial charge is 0.508 e. The molecule has 0 saturated carbocycles. The van der Waals surface area contributed by atoms with Crippen molar-refractivity contribution in [3.63, 3.8) is 0 Å². The number of phenolic OH excluding ortho intramolecular Hbond substituents is 1. The highest BCUT2D eigenvalue weighted by Crippen LogP contribution is 2.41. The number of halogens is 4. The number of alkyl halides is 2. The summed E-state index contributed by atoms with van der Waals surface area (Å²) in [6.45, 7) is 4.84. The smallest absolute Gasteiger partial charge is 0.319 e. The number of benzene rings is 2. The summed E-state index contributed by atoms with van der Waals surface area (Å²) < 4.78 is 67.0. The first kappa shape index (κ1) is 32.6. The number of likely N-dealkylation sites (tertiary alicyclic amines) is 1. The summed E-state index contributed by atoms with van der Waals surface area (Å²) in [5.74, 6) is -3.05. The van der Waals surface area contributed by atoms with E-state index in [0.717, 1.165) is 49.7 Å². The van der Waals surface area contributed by atoms with Gasteiger partial charge in [-0.25, -0.2) is 17.6 Å². The third kappa shape index (κ3) is 5.67. The van der Waals surface area contributed by atoms with Crippen LogP contribution in [0.25, 0.3) is 32.9 Å². The molecule has 0 unspecified atom stereocenters. The first-order chi connectivity index (χ1) is 23.4. The standard InChI is InChI=1S/C36H34F4N6O3/c1-4-24-27(37)9-8-21-14-23(47)15-25(29(21)24)31-30(38)32-26(17-41-31)33(44(3)18-22-16-36(39,40)19-46(22)28(48)5-2)43-34(42-32)49-20-35-10-6-12-45(35)13-7-11-35/h1,5,8-9,14-15,17,22,47H,2,6-7,10-13,16,18-20H2,3H3/t22-/m0/s1. The fraction of sp³-hybridized carbons (Fsp3) is 0.389. The Balaban J connectivity index is 1.35. The molecule has 9 nitrogen and oxygen atoms in total. The number of phenols is 1. The van der Waals surface area contributed by atoms with Crippen molar-refractivity contribution in [2.24, 2.45) is 0 Å². The van der Waals surface area contributed by atoms with E-state index in [1.807, 2.05) is 0 Å². The molecular formula is C36H34F4N6O3. The van der Waals surface area contributed by atoms with Crippen LogP contribution in [0.1, 0.15) is 37.7 Å². The van der Waals surface area contributed by atoms with Crippen LogP contribution in [0.4, 0.5) is 23.4 Å². The summed E-state index contributed by atoms with van der Waals surface area (Å²) in [5.41, 5.74) is -0.678. The van der Waals surface area contributed by atoms with Crippen molar-refractivity contribution >= 4 is 33.4 Å². The topological polar surface area (TPSA) is 94.9 Å². The van der Waals surface area contributed by atoms with E-state index in [9.17, 15) is 23.1 Å². The van der Waals surface area contributed by atoms with Gasteiger partial charge in [-0.3, -0.25) is 14.7 Å². The van der Waals surface area contributed by atoms with Crippen molar-refractivity contribution in [3.05, 3.63) is 60.3 Å². The van der Waals surface area contributed by atoms with E-state index in [4.69, 9.17) is 11.2 Å². The second-order valence-corrected chi connectivity index (χ2v) is 13.1. The highest BCUT2D eigenvalue weighted by Gasteiger charge is 2.47. The molecule has 13 heteroatoms. The number of nitrogens with zero attached hydrogens (tertiary/aromatic N) is 6. The molecule has 4 aromatic rings. The number of carbonyl (C=O) groups is 1. The molecule has 5 heterocycles. The summed E-state index contributed by atoms with van der Waals surface area (Å²) in [6.07, 6.45) is 11.4. The third-order valence-electron chi connectivity index (χ3n) is 10.1. The number of rotatable bonds is 8. The molecule has 0 radical (unpaired) electrons. The predicted octanol–water partition coefficient (Wildman–Crippen LogP) is 5.68. The van der Waals surface area contributed by atoms with Gasteiger partial charge in [0.2, 0.25) is 5.91 Å². The van der Waals surface area contributed by atoms with Crippen LogP contribution >= 0.6 is 0 Å². The molecule has 49 heavy (non-hydrogen) atoms. The van der Waals surface area contributed by atoms with Crippen LogP contribution < -0.4 is 9.64 Å². The molecule has 0 spiro atoms. The molecule has 2 aromatic heterocycles. The van der Waals surface area contributed by atoms with E-state index in [2.05, 4.69) is 32.4 Å². The Labute approximate surface area is 280 Å². The Bertz CT molecular complexity index is 2040. The lowest BCUT2D eigenvalue weighted by atomic mass is 9.95. The van der Waals surface area contributed by atoms with Gasteiger partial charge in [-0.1, -0.05) is 18.6 Å². The molecule has 1 atom stereocenters. The number of hydrogen-bond acceptors (Lipinski definition) is 8. The Morgan fingerprint density at radius 1 is 1.22 bits per heavy atom. The molecule has 2 aromatic carbocycles. The van der Waals surface area contributed by atoms with E-state index < -0.39 is 42.5 Å². The number of anilines is 1. The average molecular weight is 675 g/mol. The van der Waals surface area contributed by atoms with E-state index in [1.54, 1.807) is 11.9 Å². The fourth-order valence-electron chi connectivity index (χ4n) is 7.82. The minimum Gasteiger partial charge on any atom is -0.508 e. The molecule has 3 fully saturated rings. The fourth-order valence-corrected chi connectivity index (χ4v) is 7.82. The van der Waals surface area contributed by atoms with Gasteiger partial charge in [-0.05, 0) is 68.4 Å². The Morgan fingerprint density at radius 3 is 2.69 bits per heavy atom. The lowest BCUT2D eigenvalue weighted by molar-refractivity contribution is -0.127. The van der Waals surface area contributed by atoms with Gasteiger partial charge < -0.3 is 19.6 Å². The average Bonchev–Trinajstić information content (AvgIpc) is 3.75. The summed E-state index contributed by atoms with van der Waals surface area (Å²) in [7, 11) is 1.60. The quantitative estimate of drug-likeness (QED) is 0.145. The van der Waals surface area contributed by atoms with Gasteiger partial charge in [0.05, 0.1) is 29.1 Å². The number of terminal acetylenes is 1. The number of hydrogen-bond donors (Lipinski definition) is 1. The Morgan fingerprint density at radius 2 is 1.98 bits per heavy atom. The molecule has 0 aliphatic carbocycles. The molecular weight excluding hydrogens is 640 g/mol. The van der Waals surface area contributed by atoms with Crippen LogP contribution in [0.15, 0.2) is 43.1 Å².